The standard InChI is InChI=1S/C29H31N3O5/c1-5-6-11-37-22-10-9-19(15-23(22)35-4)27-24-25(21-14-17(2)13-18(3)28(21)33)30-31-26(24)29(34)32(27)16-20-8-7-12-36-20/h7-10,12-15,27,33H,5-6,11,16H2,1-4H3,(H,30,31). The molecule has 8 heteroatoms. The second-order valence-corrected chi connectivity index (χ2v) is 9.37. The van der Waals surface area contributed by atoms with Crippen molar-refractivity contribution >= 4 is 5.91 Å². The number of unbranched alkanes of at least 4 members (excludes halogenated alkanes) is 1. The number of fused-ring (bicyclic) bond motifs is 1. The van der Waals surface area contributed by atoms with Crippen molar-refractivity contribution in [1.82, 2.24) is 15.1 Å². The van der Waals surface area contributed by atoms with Gasteiger partial charge in [0, 0.05) is 11.1 Å². The molecule has 1 aliphatic heterocycles. The summed E-state index contributed by atoms with van der Waals surface area (Å²) in [6, 6.07) is 12.7. The second-order valence-electron chi connectivity index (χ2n) is 9.37. The minimum atomic E-state index is -0.486. The first-order chi connectivity index (χ1) is 17.9. The predicted molar refractivity (Wildman–Crippen MR) is 139 cm³/mol. The number of aromatic amines is 1. The van der Waals surface area contributed by atoms with Crippen molar-refractivity contribution < 1.29 is 23.8 Å². The normalized spacial score (nSPS) is 14.8. The molecule has 2 aromatic carbocycles. The highest BCUT2D eigenvalue weighted by Crippen LogP contribution is 2.47. The smallest absolute Gasteiger partial charge is 0.273 e. The highest BCUT2D eigenvalue weighted by Gasteiger charge is 2.43. The number of carbonyl (C=O) groups excluding carboxylic acids is 1. The van der Waals surface area contributed by atoms with E-state index in [4.69, 9.17) is 13.9 Å². The summed E-state index contributed by atoms with van der Waals surface area (Å²) in [5, 5.41) is 18.4. The number of benzene rings is 2. The van der Waals surface area contributed by atoms with E-state index in [1.54, 1.807) is 24.3 Å². The van der Waals surface area contributed by atoms with Gasteiger partial charge in [-0.15, -0.1) is 0 Å². The number of nitrogens with one attached hydrogen (secondary N) is 1. The predicted octanol–water partition coefficient (Wildman–Crippen LogP) is 5.93. The molecule has 37 heavy (non-hydrogen) atoms. The maximum atomic E-state index is 13.7. The molecule has 1 amide bonds. The fourth-order valence-corrected chi connectivity index (χ4v) is 4.92. The third-order valence-corrected chi connectivity index (χ3v) is 6.73. The SMILES string of the molecule is CCCCOc1ccc(C2c3c(-c4cc(C)cc(C)c4O)n[nH]c3C(=O)N2Cc2ccco2)cc1OC. The molecular weight excluding hydrogens is 470 g/mol. The quantitative estimate of drug-likeness (QED) is 0.276. The van der Waals surface area contributed by atoms with Crippen LogP contribution in [0.15, 0.2) is 53.1 Å². The van der Waals surface area contributed by atoms with E-state index in [1.807, 2.05) is 50.2 Å². The van der Waals surface area contributed by atoms with Crippen molar-refractivity contribution in [2.45, 2.75) is 46.2 Å². The number of ether oxygens (including phenoxy) is 2. The largest absolute Gasteiger partial charge is 0.507 e. The molecule has 0 radical (unpaired) electrons. The zero-order valence-electron chi connectivity index (χ0n) is 21.5. The fourth-order valence-electron chi connectivity index (χ4n) is 4.92. The van der Waals surface area contributed by atoms with E-state index in [-0.39, 0.29) is 18.2 Å². The maximum absolute atomic E-state index is 13.7. The van der Waals surface area contributed by atoms with E-state index in [0.717, 1.165) is 29.5 Å². The number of hydrogen-bond acceptors (Lipinski definition) is 6. The first-order valence-electron chi connectivity index (χ1n) is 12.5. The number of rotatable bonds is 9. The molecule has 4 aromatic rings. The van der Waals surface area contributed by atoms with Crippen molar-refractivity contribution in [2.24, 2.45) is 0 Å². The number of H-pyrrole nitrogens is 1. The average molecular weight is 502 g/mol. The van der Waals surface area contributed by atoms with Gasteiger partial charge in [-0.1, -0.05) is 25.5 Å². The Labute approximate surface area is 215 Å². The lowest BCUT2D eigenvalue weighted by Crippen LogP contribution is -2.29. The molecule has 0 spiro atoms. The number of hydrogen-bond donors (Lipinski definition) is 2. The van der Waals surface area contributed by atoms with Gasteiger partial charge < -0.3 is 23.9 Å². The fraction of sp³-hybridized carbons (Fsp3) is 0.310. The third-order valence-electron chi connectivity index (χ3n) is 6.73. The van der Waals surface area contributed by atoms with Crippen LogP contribution in [0.3, 0.4) is 0 Å². The number of phenols is 1. The van der Waals surface area contributed by atoms with Crippen LogP contribution in [0.2, 0.25) is 0 Å². The Morgan fingerprint density at radius 1 is 1.16 bits per heavy atom. The maximum Gasteiger partial charge on any atom is 0.273 e. The van der Waals surface area contributed by atoms with Gasteiger partial charge in [0.2, 0.25) is 0 Å². The topological polar surface area (TPSA) is 101 Å². The van der Waals surface area contributed by atoms with Crippen molar-refractivity contribution in [3.05, 3.63) is 82.4 Å². The number of aromatic hydroxyl groups is 1. The molecule has 0 aliphatic carbocycles. The summed E-state index contributed by atoms with van der Waals surface area (Å²) in [4.78, 5) is 15.4. The number of methoxy groups -OCH3 is 1. The van der Waals surface area contributed by atoms with Crippen LogP contribution in [0.1, 0.15) is 64.3 Å². The number of carbonyl (C=O) groups is 1. The van der Waals surface area contributed by atoms with Crippen LogP contribution in [0.4, 0.5) is 0 Å². The van der Waals surface area contributed by atoms with E-state index >= 15 is 0 Å². The van der Waals surface area contributed by atoms with Crippen LogP contribution in [0.5, 0.6) is 17.2 Å². The number of phenolic OH excluding ortho intramolecular Hbond substituents is 1. The van der Waals surface area contributed by atoms with Crippen LogP contribution in [-0.2, 0) is 6.54 Å². The molecule has 0 saturated carbocycles. The minimum Gasteiger partial charge on any atom is -0.507 e. The van der Waals surface area contributed by atoms with Crippen LogP contribution < -0.4 is 9.47 Å². The van der Waals surface area contributed by atoms with Gasteiger partial charge in [0.15, 0.2) is 11.5 Å². The Hall–Kier alpha value is -4.20. The number of aryl methyl sites for hydroxylation is 2. The first kappa shape index (κ1) is 24.5. The van der Waals surface area contributed by atoms with Crippen LogP contribution in [-0.4, -0.2) is 39.8 Å². The molecule has 192 valence electrons. The van der Waals surface area contributed by atoms with E-state index < -0.39 is 6.04 Å². The number of amides is 1. The van der Waals surface area contributed by atoms with Gasteiger partial charge in [0.05, 0.1) is 32.6 Å². The van der Waals surface area contributed by atoms with Gasteiger partial charge in [0.25, 0.3) is 5.91 Å². The van der Waals surface area contributed by atoms with Crippen LogP contribution in [0.25, 0.3) is 11.3 Å². The summed E-state index contributed by atoms with van der Waals surface area (Å²) in [6.07, 6.45) is 3.57. The number of aromatic nitrogens is 2. The van der Waals surface area contributed by atoms with E-state index in [9.17, 15) is 9.90 Å². The summed E-state index contributed by atoms with van der Waals surface area (Å²) in [7, 11) is 1.61. The van der Waals surface area contributed by atoms with Gasteiger partial charge in [-0.25, -0.2) is 0 Å². The Bertz CT molecular complexity index is 1420. The molecule has 2 N–H and O–H groups in total. The summed E-state index contributed by atoms with van der Waals surface area (Å²) >= 11 is 0. The Morgan fingerprint density at radius 2 is 2.00 bits per heavy atom. The average Bonchev–Trinajstić information content (AvgIpc) is 3.61. The molecule has 3 heterocycles. The van der Waals surface area contributed by atoms with E-state index in [2.05, 4.69) is 17.1 Å². The van der Waals surface area contributed by atoms with Crippen molar-refractivity contribution in [2.75, 3.05) is 13.7 Å². The second kappa shape index (κ2) is 10.0. The summed E-state index contributed by atoms with van der Waals surface area (Å²) in [5.74, 6) is 1.86. The van der Waals surface area contributed by atoms with Gasteiger partial charge in [-0.05, 0) is 67.3 Å². The summed E-state index contributed by atoms with van der Waals surface area (Å²) < 4.78 is 17.2. The zero-order chi connectivity index (χ0) is 26.1. The van der Waals surface area contributed by atoms with Crippen molar-refractivity contribution in [3.8, 4) is 28.5 Å². The Kier molecular flexibility index (Phi) is 6.65. The molecule has 1 atom stereocenters. The van der Waals surface area contributed by atoms with Crippen molar-refractivity contribution in [1.29, 1.82) is 0 Å². The molecule has 0 fully saturated rings. The molecule has 5 rings (SSSR count). The van der Waals surface area contributed by atoms with Gasteiger partial charge in [-0.2, -0.15) is 5.10 Å². The molecule has 2 aromatic heterocycles. The van der Waals surface area contributed by atoms with Crippen LogP contribution in [0, 0.1) is 13.8 Å². The third kappa shape index (κ3) is 4.43. The van der Waals surface area contributed by atoms with Gasteiger partial charge in [0.1, 0.15) is 22.9 Å². The number of nitrogens with zero attached hydrogens (tertiary/aromatic N) is 2. The lowest BCUT2D eigenvalue weighted by Gasteiger charge is -2.26. The minimum absolute atomic E-state index is 0.146. The zero-order valence-corrected chi connectivity index (χ0v) is 21.5. The van der Waals surface area contributed by atoms with E-state index in [0.29, 0.717) is 46.4 Å². The summed E-state index contributed by atoms with van der Waals surface area (Å²) in [6.45, 7) is 6.81. The molecular formula is C29H31N3O5. The molecule has 8 nitrogen and oxygen atoms in total. The highest BCUT2D eigenvalue weighted by atomic mass is 16.5. The van der Waals surface area contributed by atoms with Crippen LogP contribution >= 0.6 is 0 Å². The van der Waals surface area contributed by atoms with Gasteiger partial charge in [-0.3, -0.25) is 9.89 Å². The van der Waals surface area contributed by atoms with Crippen molar-refractivity contribution in [3.63, 3.8) is 0 Å². The lowest BCUT2D eigenvalue weighted by molar-refractivity contribution is 0.0716. The molecule has 0 bridgehead atoms. The number of furan rings is 1. The highest BCUT2D eigenvalue weighted by molar-refractivity contribution is 6.00. The Balaban J connectivity index is 1.64. The van der Waals surface area contributed by atoms with Gasteiger partial charge >= 0.3 is 0 Å². The molecule has 0 saturated heterocycles. The lowest BCUT2D eigenvalue weighted by atomic mass is 9.94. The van der Waals surface area contributed by atoms with E-state index in [1.165, 1.54) is 0 Å². The molecule has 1 aliphatic rings. The first-order valence-corrected chi connectivity index (χ1v) is 12.5. The molecule has 1 unspecified atom stereocenters. The summed E-state index contributed by atoms with van der Waals surface area (Å²) in [5.41, 5.74) is 4.80. The monoisotopic (exact) mass is 501 g/mol. The Morgan fingerprint density at radius 3 is 2.73 bits per heavy atom.